The normalized spacial score (nSPS) is 10.8. The number of aromatic nitrogens is 2. The monoisotopic (exact) mass is 215 g/mol. The van der Waals surface area contributed by atoms with Gasteiger partial charge in [0, 0.05) is 12.4 Å². The van der Waals surface area contributed by atoms with Crippen LogP contribution in [-0.2, 0) is 0 Å². The third kappa shape index (κ3) is 2.14. The van der Waals surface area contributed by atoms with Gasteiger partial charge in [0.05, 0.1) is 17.5 Å². The molecule has 2 aromatic rings. The first-order valence-corrected chi connectivity index (χ1v) is 4.63. The minimum absolute atomic E-state index is 0.172. The molecule has 1 aromatic heterocycles. The number of carbonyl (C=O) groups is 1. The van der Waals surface area contributed by atoms with Crippen molar-refractivity contribution in [1.29, 1.82) is 0 Å². The van der Waals surface area contributed by atoms with E-state index in [9.17, 15) is 4.79 Å². The number of nitrogens with one attached hydrogen (secondary N) is 1. The average Bonchev–Trinajstić information content (AvgIpc) is 2.79. The number of para-hydroxylation sites is 1. The van der Waals surface area contributed by atoms with Crippen LogP contribution in [0.4, 0.5) is 5.69 Å². The molecule has 1 heterocycles. The maximum absolute atomic E-state index is 10.9. The van der Waals surface area contributed by atoms with Crippen LogP contribution >= 0.6 is 0 Å². The van der Waals surface area contributed by atoms with Gasteiger partial charge in [-0.1, -0.05) is 12.1 Å². The average molecular weight is 215 g/mol. The molecule has 0 fully saturated rings. The van der Waals surface area contributed by atoms with E-state index in [1.165, 1.54) is 12.3 Å². The van der Waals surface area contributed by atoms with Gasteiger partial charge in [-0.3, -0.25) is 4.99 Å². The number of benzene rings is 1. The second-order valence-corrected chi connectivity index (χ2v) is 3.05. The number of H-pyrrole nitrogens is 1. The standard InChI is InChI=1S/C11H9N3O2/c15-11(16)8-3-1-2-4-9(8)14-7-10-12-5-6-13-10/h1-7H,(H,12,13)(H,15,16). The number of imidazole rings is 1. The summed E-state index contributed by atoms with van der Waals surface area (Å²) in [6, 6.07) is 6.55. The zero-order valence-electron chi connectivity index (χ0n) is 8.29. The number of hydrogen-bond donors (Lipinski definition) is 2. The van der Waals surface area contributed by atoms with Crippen molar-refractivity contribution in [3.05, 3.63) is 48.0 Å². The quantitative estimate of drug-likeness (QED) is 0.767. The van der Waals surface area contributed by atoms with Crippen LogP contribution < -0.4 is 0 Å². The molecule has 2 rings (SSSR count). The van der Waals surface area contributed by atoms with Crippen LogP contribution in [0.5, 0.6) is 0 Å². The molecule has 0 unspecified atom stereocenters. The van der Waals surface area contributed by atoms with E-state index in [-0.39, 0.29) is 5.56 Å². The Balaban J connectivity index is 2.31. The fraction of sp³-hybridized carbons (Fsp3) is 0. The first kappa shape index (κ1) is 10.1. The molecule has 80 valence electrons. The Bertz CT molecular complexity index is 518. The molecule has 0 aliphatic rings. The summed E-state index contributed by atoms with van der Waals surface area (Å²) in [6.07, 6.45) is 4.76. The third-order valence-electron chi connectivity index (χ3n) is 1.98. The van der Waals surface area contributed by atoms with Crippen molar-refractivity contribution in [2.24, 2.45) is 4.99 Å². The van der Waals surface area contributed by atoms with Crippen molar-refractivity contribution in [2.75, 3.05) is 0 Å². The molecule has 0 aliphatic carbocycles. The van der Waals surface area contributed by atoms with Gasteiger partial charge in [-0.25, -0.2) is 9.78 Å². The molecule has 5 heteroatoms. The van der Waals surface area contributed by atoms with Crippen molar-refractivity contribution in [2.45, 2.75) is 0 Å². The van der Waals surface area contributed by atoms with Crippen LogP contribution in [0.2, 0.25) is 0 Å². The summed E-state index contributed by atoms with van der Waals surface area (Å²) >= 11 is 0. The molecule has 0 saturated carbocycles. The number of aliphatic imine (C=N–C) groups is 1. The van der Waals surface area contributed by atoms with Crippen LogP contribution in [0.1, 0.15) is 16.2 Å². The lowest BCUT2D eigenvalue weighted by molar-refractivity contribution is 0.0698. The molecule has 16 heavy (non-hydrogen) atoms. The van der Waals surface area contributed by atoms with Crippen LogP contribution in [0, 0.1) is 0 Å². The highest BCUT2D eigenvalue weighted by Crippen LogP contribution is 2.17. The van der Waals surface area contributed by atoms with Gasteiger partial charge in [-0.15, -0.1) is 0 Å². The van der Waals surface area contributed by atoms with E-state index in [0.29, 0.717) is 11.5 Å². The minimum Gasteiger partial charge on any atom is -0.478 e. The van der Waals surface area contributed by atoms with E-state index in [2.05, 4.69) is 15.0 Å². The minimum atomic E-state index is -0.993. The zero-order valence-corrected chi connectivity index (χ0v) is 8.29. The van der Waals surface area contributed by atoms with Gasteiger partial charge in [-0.05, 0) is 12.1 Å². The Morgan fingerprint density at radius 1 is 1.44 bits per heavy atom. The predicted molar refractivity (Wildman–Crippen MR) is 59.2 cm³/mol. The molecular formula is C11H9N3O2. The van der Waals surface area contributed by atoms with E-state index in [4.69, 9.17) is 5.11 Å². The molecule has 2 N–H and O–H groups in total. The van der Waals surface area contributed by atoms with E-state index in [1.807, 2.05) is 0 Å². The fourth-order valence-corrected chi connectivity index (χ4v) is 1.25. The lowest BCUT2D eigenvalue weighted by Crippen LogP contribution is -1.96. The molecule has 0 radical (unpaired) electrons. The summed E-state index contributed by atoms with van der Waals surface area (Å²) in [5.74, 6) is -0.410. The van der Waals surface area contributed by atoms with Crippen LogP contribution in [0.25, 0.3) is 0 Å². The summed E-state index contributed by atoms with van der Waals surface area (Å²) in [6.45, 7) is 0. The van der Waals surface area contributed by atoms with Crippen LogP contribution in [0.15, 0.2) is 41.7 Å². The number of rotatable bonds is 3. The topological polar surface area (TPSA) is 78.3 Å². The summed E-state index contributed by atoms with van der Waals surface area (Å²) in [7, 11) is 0. The van der Waals surface area contributed by atoms with Gasteiger partial charge in [0.25, 0.3) is 0 Å². The van der Waals surface area contributed by atoms with Gasteiger partial charge >= 0.3 is 5.97 Å². The predicted octanol–water partition coefficient (Wildman–Crippen LogP) is 1.86. The molecule has 0 aliphatic heterocycles. The Kier molecular flexibility index (Phi) is 2.77. The molecule has 1 aromatic carbocycles. The van der Waals surface area contributed by atoms with Crippen molar-refractivity contribution < 1.29 is 9.90 Å². The molecular weight excluding hydrogens is 206 g/mol. The summed E-state index contributed by atoms with van der Waals surface area (Å²) in [5.41, 5.74) is 0.580. The second kappa shape index (κ2) is 4.39. The zero-order chi connectivity index (χ0) is 11.4. The number of aromatic carboxylic acids is 1. The Morgan fingerprint density at radius 3 is 2.94 bits per heavy atom. The maximum Gasteiger partial charge on any atom is 0.337 e. The van der Waals surface area contributed by atoms with Crippen molar-refractivity contribution in [3.8, 4) is 0 Å². The van der Waals surface area contributed by atoms with Gasteiger partial charge < -0.3 is 10.1 Å². The highest BCUT2D eigenvalue weighted by Gasteiger charge is 2.06. The summed E-state index contributed by atoms with van der Waals surface area (Å²) in [5, 5.41) is 8.93. The fourth-order valence-electron chi connectivity index (χ4n) is 1.25. The highest BCUT2D eigenvalue weighted by molar-refractivity contribution is 5.94. The Morgan fingerprint density at radius 2 is 2.25 bits per heavy atom. The van der Waals surface area contributed by atoms with E-state index in [1.54, 1.807) is 30.6 Å². The molecule has 0 amide bonds. The first-order chi connectivity index (χ1) is 7.77. The Hall–Kier alpha value is -2.43. The molecule has 0 atom stereocenters. The number of carboxylic acids is 1. The number of hydrogen-bond acceptors (Lipinski definition) is 3. The van der Waals surface area contributed by atoms with Gasteiger partial charge in [0.15, 0.2) is 0 Å². The summed E-state index contributed by atoms with van der Waals surface area (Å²) in [4.78, 5) is 21.8. The van der Waals surface area contributed by atoms with Crippen LogP contribution in [0.3, 0.4) is 0 Å². The van der Waals surface area contributed by atoms with Crippen molar-refractivity contribution in [3.63, 3.8) is 0 Å². The lowest BCUT2D eigenvalue weighted by Gasteiger charge is -1.98. The molecule has 5 nitrogen and oxygen atoms in total. The number of carboxylic acid groups (broad SMARTS) is 1. The maximum atomic E-state index is 10.9. The number of nitrogens with zero attached hydrogens (tertiary/aromatic N) is 2. The number of aromatic amines is 1. The van der Waals surface area contributed by atoms with E-state index >= 15 is 0 Å². The van der Waals surface area contributed by atoms with Crippen molar-refractivity contribution >= 4 is 17.9 Å². The molecule has 0 spiro atoms. The third-order valence-corrected chi connectivity index (χ3v) is 1.98. The summed E-state index contributed by atoms with van der Waals surface area (Å²) < 4.78 is 0. The SMILES string of the molecule is O=C(O)c1ccccc1N=Cc1ncc[nH]1. The Labute approximate surface area is 91.5 Å². The van der Waals surface area contributed by atoms with Gasteiger partial charge in [0.1, 0.15) is 5.82 Å². The van der Waals surface area contributed by atoms with Crippen molar-refractivity contribution in [1.82, 2.24) is 9.97 Å². The lowest BCUT2D eigenvalue weighted by atomic mass is 10.2. The highest BCUT2D eigenvalue weighted by atomic mass is 16.4. The molecule has 0 bridgehead atoms. The van der Waals surface area contributed by atoms with E-state index in [0.717, 1.165) is 0 Å². The smallest absolute Gasteiger partial charge is 0.337 e. The molecule has 0 saturated heterocycles. The van der Waals surface area contributed by atoms with E-state index < -0.39 is 5.97 Å². The van der Waals surface area contributed by atoms with Crippen LogP contribution in [-0.4, -0.2) is 27.3 Å². The first-order valence-electron chi connectivity index (χ1n) is 4.63. The second-order valence-electron chi connectivity index (χ2n) is 3.05. The largest absolute Gasteiger partial charge is 0.478 e. The van der Waals surface area contributed by atoms with Gasteiger partial charge in [0.2, 0.25) is 0 Å². The van der Waals surface area contributed by atoms with Gasteiger partial charge in [-0.2, -0.15) is 0 Å².